The lowest BCUT2D eigenvalue weighted by Crippen LogP contribution is -2.11. The molecule has 1 atom stereocenters. The Bertz CT molecular complexity index is 290. The highest BCUT2D eigenvalue weighted by Gasteiger charge is 2.06. The number of nitrogens with two attached hydrogens (primary N) is 2. The number of hydrogen-bond donors (Lipinski definition) is 2. The number of benzene rings is 1. The molecule has 1 aromatic rings. The molecular formula is C14H24N2. The van der Waals surface area contributed by atoms with Gasteiger partial charge in [-0.1, -0.05) is 44.5 Å². The molecule has 0 heterocycles. The van der Waals surface area contributed by atoms with Crippen molar-refractivity contribution in [3.8, 4) is 0 Å². The van der Waals surface area contributed by atoms with Crippen molar-refractivity contribution in [3.63, 3.8) is 0 Å². The zero-order chi connectivity index (χ0) is 12.0. The molecule has 0 aliphatic rings. The van der Waals surface area contributed by atoms with Crippen LogP contribution >= 0.6 is 0 Å². The first kappa shape index (κ1) is 13.2. The summed E-state index contributed by atoms with van der Waals surface area (Å²) >= 11 is 0. The fourth-order valence-corrected chi connectivity index (χ4v) is 1.80. The SMILES string of the molecule is CC(C)c1ccc([C@@H](N)CCCCN)cc1. The van der Waals surface area contributed by atoms with E-state index in [0.29, 0.717) is 5.92 Å². The molecular weight excluding hydrogens is 196 g/mol. The van der Waals surface area contributed by atoms with E-state index in [0.717, 1.165) is 25.8 Å². The van der Waals surface area contributed by atoms with E-state index in [1.807, 2.05) is 0 Å². The zero-order valence-electron chi connectivity index (χ0n) is 10.4. The van der Waals surface area contributed by atoms with Crippen LogP contribution in [0.4, 0.5) is 0 Å². The van der Waals surface area contributed by atoms with Crippen LogP contribution in [0, 0.1) is 0 Å². The molecule has 0 saturated heterocycles. The molecule has 1 rings (SSSR count). The first-order valence-corrected chi connectivity index (χ1v) is 6.20. The highest BCUT2D eigenvalue weighted by Crippen LogP contribution is 2.20. The van der Waals surface area contributed by atoms with Crippen LogP contribution in [0.2, 0.25) is 0 Å². The van der Waals surface area contributed by atoms with Gasteiger partial charge in [0.05, 0.1) is 0 Å². The van der Waals surface area contributed by atoms with Crippen LogP contribution in [0.1, 0.15) is 56.2 Å². The molecule has 0 aliphatic carbocycles. The van der Waals surface area contributed by atoms with Crippen LogP contribution in [0.5, 0.6) is 0 Å². The normalized spacial score (nSPS) is 13.1. The summed E-state index contributed by atoms with van der Waals surface area (Å²) < 4.78 is 0. The van der Waals surface area contributed by atoms with E-state index in [-0.39, 0.29) is 6.04 Å². The minimum absolute atomic E-state index is 0.160. The second kappa shape index (κ2) is 6.66. The Morgan fingerprint density at radius 2 is 1.56 bits per heavy atom. The Morgan fingerprint density at radius 1 is 1.00 bits per heavy atom. The van der Waals surface area contributed by atoms with Gasteiger partial charge in [0.25, 0.3) is 0 Å². The molecule has 2 heteroatoms. The van der Waals surface area contributed by atoms with Crippen molar-refractivity contribution < 1.29 is 0 Å². The molecule has 0 spiro atoms. The molecule has 16 heavy (non-hydrogen) atoms. The lowest BCUT2D eigenvalue weighted by atomic mass is 9.97. The van der Waals surface area contributed by atoms with Crippen LogP contribution in [0.3, 0.4) is 0 Å². The van der Waals surface area contributed by atoms with Gasteiger partial charge in [0.15, 0.2) is 0 Å². The van der Waals surface area contributed by atoms with Gasteiger partial charge < -0.3 is 11.5 Å². The maximum Gasteiger partial charge on any atom is 0.0294 e. The molecule has 0 saturated carbocycles. The van der Waals surface area contributed by atoms with Crippen molar-refractivity contribution in [2.24, 2.45) is 11.5 Å². The van der Waals surface area contributed by atoms with Gasteiger partial charge in [-0.15, -0.1) is 0 Å². The molecule has 0 bridgehead atoms. The van der Waals surface area contributed by atoms with Crippen molar-refractivity contribution in [3.05, 3.63) is 35.4 Å². The highest BCUT2D eigenvalue weighted by atomic mass is 14.6. The quantitative estimate of drug-likeness (QED) is 0.724. The minimum atomic E-state index is 0.160. The van der Waals surface area contributed by atoms with E-state index in [4.69, 9.17) is 11.5 Å². The summed E-state index contributed by atoms with van der Waals surface area (Å²) in [6.07, 6.45) is 3.21. The standard InChI is InChI=1S/C14H24N2/c1-11(2)12-6-8-13(9-7-12)14(16)5-3-4-10-15/h6-9,11,14H,3-5,10,15-16H2,1-2H3/t14-/m0/s1. The number of unbranched alkanes of at least 4 members (excludes halogenated alkanes) is 1. The van der Waals surface area contributed by atoms with Crippen LogP contribution in [-0.2, 0) is 0 Å². The molecule has 0 radical (unpaired) electrons. The van der Waals surface area contributed by atoms with Crippen LogP contribution in [-0.4, -0.2) is 6.54 Å². The van der Waals surface area contributed by atoms with Gasteiger partial charge in [-0.05, 0) is 36.4 Å². The van der Waals surface area contributed by atoms with E-state index in [2.05, 4.69) is 38.1 Å². The van der Waals surface area contributed by atoms with E-state index in [1.165, 1.54) is 11.1 Å². The van der Waals surface area contributed by atoms with Crippen LogP contribution in [0.15, 0.2) is 24.3 Å². The minimum Gasteiger partial charge on any atom is -0.330 e. The summed E-state index contributed by atoms with van der Waals surface area (Å²) in [5.74, 6) is 0.586. The Labute approximate surface area is 99.0 Å². The Kier molecular flexibility index (Phi) is 5.50. The summed E-state index contributed by atoms with van der Waals surface area (Å²) in [5, 5.41) is 0. The van der Waals surface area contributed by atoms with Gasteiger partial charge in [0.2, 0.25) is 0 Å². The van der Waals surface area contributed by atoms with Crippen molar-refractivity contribution in [1.29, 1.82) is 0 Å². The predicted octanol–water partition coefficient (Wildman–Crippen LogP) is 2.94. The predicted molar refractivity (Wildman–Crippen MR) is 70.4 cm³/mol. The Hall–Kier alpha value is -0.860. The number of hydrogen-bond acceptors (Lipinski definition) is 2. The maximum absolute atomic E-state index is 6.12. The Balaban J connectivity index is 2.52. The van der Waals surface area contributed by atoms with E-state index in [9.17, 15) is 0 Å². The first-order chi connectivity index (χ1) is 7.65. The summed E-state index contributed by atoms with van der Waals surface area (Å²) in [5.41, 5.74) is 14.2. The topological polar surface area (TPSA) is 52.0 Å². The molecule has 0 unspecified atom stereocenters. The average molecular weight is 220 g/mol. The molecule has 90 valence electrons. The van der Waals surface area contributed by atoms with Gasteiger partial charge in [-0.3, -0.25) is 0 Å². The summed E-state index contributed by atoms with van der Waals surface area (Å²) in [7, 11) is 0. The summed E-state index contributed by atoms with van der Waals surface area (Å²) in [6.45, 7) is 5.17. The molecule has 2 nitrogen and oxygen atoms in total. The van der Waals surface area contributed by atoms with Gasteiger partial charge in [-0.2, -0.15) is 0 Å². The van der Waals surface area contributed by atoms with Crippen molar-refractivity contribution >= 4 is 0 Å². The zero-order valence-corrected chi connectivity index (χ0v) is 10.4. The molecule has 1 aromatic carbocycles. The first-order valence-electron chi connectivity index (χ1n) is 6.20. The third-order valence-electron chi connectivity index (χ3n) is 3.00. The number of rotatable bonds is 6. The molecule has 0 aliphatic heterocycles. The van der Waals surface area contributed by atoms with E-state index in [1.54, 1.807) is 0 Å². The van der Waals surface area contributed by atoms with Gasteiger partial charge in [0, 0.05) is 6.04 Å². The fraction of sp³-hybridized carbons (Fsp3) is 0.571. The summed E-state index contributed by atoms with van der Waals surface area (Å²) in [4.78, 5) is 0. The highest BCUT2D eigenvalue weighted by molar-refractivity contribution is 5.26. The third kappa shape index (κ3) is 3.95. The van der Waals surface area contributed by atoms with Crippen molar-refractivity contribution in [1.82, 2.24) is 0 Å². The lowest BCUT2D eigenvalue weighted by Gasteiger charge is -2.13. The van der Waals surface area contributed by atoms with Crippen molar-refractivity contribution in [2.75, 3.05) is 6.54 Å². The lowest BCUT2D eigenvalue weighted by molar-refractivity contribution is 0.591. The van der Waals surface area contributed by atoms with E-state index >= 15 is 0 Å². The fourth-order valence-electron chi connectivity index (χ4n) is 1.80. The van der Waals surface area contributed by atoms with Gasteiger partial charge in [0.1, 0.15) is 0 Å². The smallest absolute Gasteiger partial charge is 0.0294 e. The summed E-state index contributed by atoms with van der Waals surface area (Å²) in [6, 6.07) is 8.84. The maximum atomic E-state index is 6.12. The third-order valence-corrected chi connectivity index (χ3v) is 3.00. The van der Waals surface area contributed by atoms with Gasteiger partial charge >= 0.3 is 0 Å². The second-order valence-corrected chi connectivity index (χ2v) is 4.71. The molecule has 0 aromatic heterocycles. The van der Waals surface area contributed by atoms with Crippen molar-refractivity contribution in [2.45, 2.75) is 45.1 Å². The Morgan fingerprint density at radius 3 is 2.06 bits per heavy atom. The monoisotopic (exact) mass is 220 g/mol. The van der Waals surface area contributed by atoms with Crippen LogP contribution in [0.25, 0.3) is 0 Å². The molecule has 0 amide bonds. The van der Waals surface area contributed by atoms with Gasteiger partial charge in [-0.25, -0.2) is 0 Å². The average Bonchev–Trinajstić information content (AvgIpc) is 2.29. The molecule has 4 N–H and O–H groups in total. The second-order valence-electron chi connectivity index (χ2n) is 4.71. The largest absolute Gasteiger partial charge is 0.330 e. The van der Waals surface area contributed by atoms with Crippen LogP contribution < -0.4 is 11.5 Å². The van der Waals surface area contributed by atoms with E-state index < -0.39 is 0 Å². The molecule has 0 fully saturated rings.